The smallest absolute Gasteiger partial charge is 0.299 e. The van der Waals surface area contributed by atoms with Crippen molar-refractivity contribution < 1.29 is 32.3 Å². The normalized spacial score (nSPS) is 20.9. The number of methoxy groups -OCH3 is 2. The Kier molecular flexibility index (Phi) is 6.48. The Bertz CT molecular complexity index is 1040. The Labute approximate surface area is 180 Å². The van der Waals surface area contributed by atoms with Gasteiger partial charge >= 0.3 is 0 Å². The first kappa shape index (κ1) is 22.5. The molecular weight excluding hydrogens is 428 g/mol. The molecule has 12 heteroatoms. The number of nitrogens with zero attached hydrogens (tertiary/aromatic N) is 3. The molecule has 2 heterocycles. The monoisotopic (exact) mass is 452 g/mol. The summed E-state index contributed by atoms with van der Waals surface area (Å²) in [6.07, 6.45) is 1.08. The molecule has 3 rings (SSSR count). The highest BCUT2D eigenvalue weighted by molar-refractivity contribution is 7.89. The number of sulfonamides is 1. The fourth-order valence-corrected chi connectivity index (χ4v) is 4.95. The standard InChI is InChI=1S/C19H24N4O7S/c1-22-18(26)16(24)15(21-19(22)23-8-4-5-9-31(23,27)28)17(25)20-11-12-6-7-13(29-2)10-14(12)30-3/h6-7,10,15H,4-5,8-9,11H2,1-3H3,(H,20,25). The first-order valence-corrected chi connectivity index (χ1v) is 11.2. The number of aliphatic imine (C=N–C) groups is 1. The van der Waals surface area contributed by atoms with Gasteiger partial charge in [0.25, 0.3) is 17.6 Å². The Morgan fingerprint density at radius 2 is 1.97 bits per heavy atom. The van der Waals surface area contributed by atoms with Crippen LogP contribution < -0.4 is 14.8 Å². The highest BCUT2D eigenvalue weighted by atomic mass is 32.2. The zero-order chi connectivity index (χ0) is 22.8. The largest absolute Gasteiger partial charge is 0.497 e. The molecule has 0 spiro atoms. The molecule has 1 aromatic carbocycles. The van der Waals surface area contributed by atoms with E-state index in [1.165, 1.54) is 21.3 Å². The molecule has 1 saturated heterocycles. The number of carbonyl (C=O) groups excluding carboxylic acids is 3. The average molecular weight is 452 g/mol. The van der Waals surface area contributed by atoms with Crippen molar-refractivity contribution in [3.8, 4) is 11.5 Å². The van der Waals surface area contributed by atoms with E-state index < -0.39 is 33.7 Å². The molecule has 2 aliphatic rings. The van der Waals surface area contributed by atoms with E-state index in [2.05, 4.69) is 10.3 Å². The van der Waals surface area contributed by atoms with E-state index in [0.29, 0.717) is 29.9 Å². The first-order chi connectivity index (χ1) is 14.7. The van der Waals surface area contributed by atoms with Crippen LogP contribution in [0, 0.1) is 0 Å². The summed E-state index contributed by atoms with van der Waals surface area (Å²) < 4.78 is 36.2. The molecule has 0 aliphatic carbocycles. The van der Waals surface area contributed by atoms with Crippen molar-refractivity contribution >= 4 is 33.6 Å². The van der Waals surface area contributed by atoms with Crippen LogP contribution in [0.5, 0.6) is 11.5 Å². The molecule has 0 radical (unpaired) electrons. The van der Waals surface area contributed by atoms with Gasteiger partial charge in [-0.25, -0.2) is 17.7 Å². The van der Waals surface area contributed by atoms with Crippen LogP contribution in [0.2, 0.25) is 0 Å². The van der Waals surface area contributed by atoms with Crippen molar-refractivity contribution in [2.24, 2.45) is 4.99 Å². The van der Waals surface area contributed by atoms with Crippen LogP contribution in [-0.4, -0.2) is 80.8 Å². The quantitative estimate of drug-likeness (QED) is 0.471. The fraction of sp³-hybridized carbons (Fsp3) is 0.474. The lowest BCUT2D eigenvalue weighted by Gasteiger charge is -2.35. The maximum absolute atomic E-state index is 12.7. The Hall–Kier alpha value is -3.15. The summed E-state index contributed by atoms with van der Waals surface area (Å²) in [5.41, 5.74) is 0.617. The maximum Gasteiger partial charge on any atom is 0.299 e. The summed E-state index contributed by atoms with van der Waals surface area (Å²) in [5, 5.41) is 2.56. The molecule has 2 amide bonds. The van der Waals surface area contributed by atoms with Gasteiger partial charge in [0.05, 0.1) is 20.0 Å². The lowest BCUT2D eigenvalue weighted by atomic mass is 10.1. The van der Waals surface area contributed by atoms with Crippen molar-refractivity contribution in [1.82, 2.24) is 14.5 Å². The minimum Gasteiger partial charge on any atom is -0.497 e. The fourth-order valence-electron chi connectivity index (χ4n) is 3.33. The third-order valence-corrected chi connectivity index (χ3v) is 6.90. The van der Waals surface area contributed by atoms with E-state index >= 15 is 0 Å². The van der Waals surface area contributed by atoms with E-state index in [9.17, 15) is 22.8 Å². The number of nitrogens with one attached hydrogen (secondary N) is 1. The van der Waals surface area contributed by atoms with E-state index in [-0.39, 0.29) is 24.8 Å². The highest BCUT2D eigenvalue weighted by Gasteiger charge is 2.43. The van der Waals surface area contributed by atoms with Crippen molar-refractivity contribution in [2.75, 3.05) is 33.6 Å². The van der Waals surface area contributed by atoms with E-state index in [0.717, 1.165) is 9.21 Å². The Morgan fingerprint density at radius 1 is 1.23 bits per heavy atom. The third kappa shape index (κ3) is 4.48. The lowest BCUT2D eigenvalue weighted by Crippen LogP contribution is -2.58. The van der Waals surface area contributed by atoms with Gasteiger partial charge in [0.15, 0.2) is 6.04 Å². The van der Waals surface area contributed by atoms with Crippen molar-refractivity contribution in [3.05, 3.63) is 23.8 Å². The topological polar surface area (TPSA) is 135 Å². The van der Waals surface area contributed by atoms with Gasteiger partial charge in [-0.15, -0.1) is 0 Å². The predicted octanol–water partition coefficient (Wildman–Crippen LogP) is -0.489. The number of guanidine groups is 1. The van der Waals surface area contributed by atoms with Gasteiger partial charge in [-0.05, 0) is 25.0 Å². The number of hydrogen-bond acceptors (Lipinski definition) is 8. The number of benzene rings is 1. The number of rotatable bonds is 5. The van der Waals surface area contributed by atoms with Crippen LogP contribution in [0.3, 0.4) is 0 Å². The molecule has 2 aliphatic heterocycles. The molecule has 11 nitrogen and oxygen atoms in total. The number of hydrogen-bond donors (Lipinski definition) is 1. The molecule has 168 valence electrons. The lowest BCUT2D eigenvalue weighted by molar-refractivity contribution is -0.145. The van der Waals surface area contributed by atoms with E-state index in [4.69, 9.17) is 9.47 Å². The van der Waals surface area contributed by atoms with E-state index in [1.807, 2.05) is 0 Å². The van der Waals surface area contributed by atoms with Gasteiger partial charge in [-0.1, -0.05) is 0 Å². The number of carbonyl (C=O) groups is 3. The Balaban J connectivity index is 1.83. The average Bonchev–Trinajstić information content (AvgIpc) is 2.76. The molecule has 0 bridgehead atoms. The number of amides is 2. The van der Waals surface area contributed by atoms with Crippen LogP contribution >= 0.6 is 0 Å². The minimum atomic E-state index is -3.68. The van der Waals surface area contributed by atoms with Gasteiger partial charge < -0.3 is 14.8 Å². The van der Waals surface area contributed by atoms with Gasteiger partial charge in [-0.2, -0.15) is 0 Å². The second kappa shape index (κ2) is 8.92. The summed E-state index contributed by atoms with van der Waals surface area (Å²) >= 11 is 0. The summed E-state index contributed by atoms with van der Waals surface area (Å²) in [7, 11) is 0.562. The number of Topliss-reactive ketones (excluding diaryl/α,β-unsaturated/α-hetero) is 1. The SMILES string of the molecule is COc1ccc(CNC(=O)C2N=C(N3CCCCS3(=O)=O)N(C)C(=O)C2=O)c(OC)c1. The van der Waals surface area contributed by atoms with Gasteiger partial charge in [0.1, 0.15) is 11.5 Å². The second-order valence-electron chi connectivity index (χ2n) is 7.05. The molecule has 31 heavy (non-hydrogen) atoms. The zero-order valence-electron chi connectivity index (χ0n) is 17.5. The van der Waals surface area contributed by atoms with Crippen molar-refractivity contribution in [2.45, 2.75) is 25.4 Å². The van der Waals surface area contributed by atoms with Crippen LogP contribution in [-0.2, 0) is 31.0 Å². The number of ether oxygens (including phenoxy) is 2. The Morgan fingerprint density at radius 3 is 2.61 bits per heavy atom. The molecule has 1 atom stereocenters. The maximum atomic E-state index is 12.7. The van der Waals surface area contributed by atoms with Gasteiger partial charge in [-0.3, -0.25) is 19.3 Å². The van der Waals surface area contributed by atoms with Crippen molar-refractivity contribution in [3.63, 3.8) is 0 Å². The molecule has 1 unspecified atom stereocenters. The molecule has 1 N–H and O–H groups in total. The van der Waals surface area contributed by atoms with Crippen LogP contribution in [0.25, 0.3) is 0 Å². The van der Waals surface area contributed by atoms with Gasteiger partial charge in [0.2, 0.25) is 16.0 Å². The zero-order valence-corrected chi connectivity index (χ0v) is 18.3. The molecule has 0 aromatic heterocycles. The first-order valence-electron chi connectivity index (χ1n) is 9.58. The number of ketones is 1. The third-order valence-electron chi connectivity index (χ3n) is 5.08. The van der Waals surface area contributed by atoms with Crippen molar-refractivity contribution in [1.29, 1.82) is 0 Å². The van der Waals surface area contributed by atoms with Crippen LogP contribution in [0.4, 0.5) is 0 Å². The summed E-state index contributed by atoms with van der Waals surface area (Å²) in [6.45, 7) is 0.136. The molecule has 1 fully saturated rings. The molecular formula is C19H24N4O7S. The molecule has 1 aromatic rings. The molecule has 0 saturated carbocycles. The van der Waals surface area contributed by atoms with Gasteiger partial charge in [0, 0.05) is 31.8 Å². The summed E-state index contributed by atoms with van der Waals surface area (Å²) in [5.74, 6) is -2.10. The number of likely N-dealkylation sites (N-methyl/N-ethyl adjacent to an activating group) is 1. The predicted molar refractivity (Wildman–Crippen MR) is 110 cm³/mol. The van der Waals surface area contributed by atoms with E-state index in [1.54, 1.807) is 18.2 Å². The minimum absolute atomic E-state index is 0.00662. The summed E-state index contributed by atoms with van der Waals surface area (Å²) in [6, 6.07) is 3.35. The highest BCUT2D eigenvalue weighted by Crippen LogP contribution is 2.24. The van der Waals surface area contributed by atoms with Crippen LogP contribution in [0.15, 0.2) is 23.2 Å². The second-order valence-corrected chi connectivity index (χ2v) is 9.06. The van der Waals surface area contributed by atoms with Crippen LogP contribution in [0.1, 0.15) is 18.4 Å². The summed E-state index contributed by atoms with van der Waals surface area (Å²) in [4.78, 5) is 42.5.